The summed E-state index contributed by atoms with van der Waals surface area (Å²) in [5, 5.41) is 4.75. The van der Waals surface area contributed by atoms with Gasteiger partial charge in [-0.2, -0.15) is 0 Å². The zero-order valence-electron chi connectivity index (χ0n) is 11.5. The minimum atomic E-state index is -0.935. The molecule has 0 unspecified atom stereocenters. The number of carbonyl (C=O) groups excluding carboxylic acids is 1. The normalized spacial score (nSPS) is 10.7. The Morgan fingerprint density at radius 2 is 2.04 bits per heavy atom. The number of thiophene rings is 1. The van der Waals surface area contributed by atoms with Gasteiger partial charge in [0.2, 0.25) is 5.91 Å². The minimum Gasteiger partial charge on any atom is -0.302 e. The number of thiazole rings is 1. The fraction of sp³-hybridized carbons (Fsp3) is 0.0667. The molecule has 2 aromatic heterocycles. The van der Waals surface area contributed by atoms with Gasteiger partial charge in [0.15, 0.2) is 16.8 Å². The Bertz CT molecular complexity index is 863. The number of hydrogen-bond donors (Lipinski definition) is 1. The number of nitrogens with one attached hydrogen (secondary N) is 1. The summed E-state index contributed by atoms with van der Waals surface area (Å²) >= 11 is 8.38. The van der Waals surface area contributed by atoms with Gasteiger partial charge in [-0.15, -0.1) is 22.7 Å². The molecular weight excluding hydrogens is 362 g/mol. The molecule has 0 spiro atoms. The molecule has 1 amide bonds. The van der Waals surface area contributed by atoms with Crippen LogP contribution in [0.5, 0.6) is 0 Å². The van der Waals surface area contributed by atoms with E-state index in [0.717, 1.165) is 17.0 Å². The summed E-state index contributed by atoms with van der Waals surface area (Å²) in [6, 6.07) is 7.08. The Kier molecular flexibility index (Phi) is 4.70. The number of amides is 1. The summed E-state index contributed by atoms with van der Waals surface area (Å²) in [5.41, 5.74) is 0.925. The number of carbonyl (C=O) groups is 1. The third-order valence-electron chi connectivity index (χ3n) is 2.93. The molecule has 8 heteroatoms. The number of halogens is 3. The van der Waals surface area contributed by atoms with Gasteiger partial charge in [0.25, 0.3) is 0 Å². The van der Waals surface area contributed by atoms with E-state index < -0.39 is 11.6 Å². The quantitative estimate of drug-likeness (QED) is 0.703. The molecule has 118 valence electrons. The van der Waals surface area contributed by atoms with Gasteiger partial charge in [0.1, 0.15) is 0 Å². The maximum absolute atomic E-state index is 13.2. The lowest BCUT2D eigenvalue weighted by atomic mass is 10.2. The number of hydrogen-bond acceptors (Lipinski definition) is 4. The number of benzene rings is 1. The van der Waals surface area contributed by atoms with Crippen LogP contribution in [0.25, 0.3) is 11.3 Å². The molecule has 23 heavy (non-hydrogen) atoms. The second-order valence-corrected chi connectivity index (χ2v) is 7.26. The molecule has 0 aliphatic heterocycles. The van der Waals surface area contributed by atoms with Crippen molar-refractivity contribution in [3.8, 4) is 11.3 Å². The van der Waals surface area contributed by atoms with Crippen LogP contribution in [0, 0.1) is 11.6 Å². The Balaban J connectivity index is 1.69. The molecule has 0 radical (unpaired) electrons. The second kappa shape index (κ2) is 6.74. The summed E-state index contributed by atoms with van der Waals surface area (Å²) < 4.78 is 26.8. The van der Waals surface area contributed by atoms with Crippen LogP contribution in [0.2, 0.25) is 4.34 Å². The number of nitrogens with zero attached hydrogens (tertiary/aromatic N) is 1. The van der Waals surface area contributed by atoms with Crippen molar-refractivity contribution in [3.05, 3.63) is 56.6 Å². The molecule has 0 aliphatic carbocycles. The van der Waals surface area contributed by atoms with Crippen LogP contribution in [0.15, 0.2) is 35.7 Å². The molecular formula is C15H9ClF2N2OS2. The first-order chi connectivity index (χ1) is 11.0. The molecule has 0 bridgehead atoms. The van der Waals surface area contributed by atoms with Crippen molar-refractivity contribution in [1.82, 2.24) is 4.98 Å². The standard InChI is InChI=1S/C15H9ClF2N2OS2/c16-13-4-2-9(23-13)6-14(21)20-15-19-12(7-22-15)8-1-3-10(17)11(18)5-8/h1-5,7H,6H2,(H,19,20,21). The molecule has 3 rings (SSSR count). The van der Waals surface area contributed by atoms with E-state index in [9.17, 15) is 13.6 Å². The summed E-state index contributed by atoms with van der Waals surface area (Å²) in [6.07, 6.45) is 0.206. The molecule has 0 atom stereocenters. The Hall–Kier alpha value is -1.83. The molecule has 3 aromatic rings. The van der Waals surface area contributed by atoms with Crippen LogP contribution >= 0.6 is 34.3 Å². The molecule has 3 nitrogen and oxygen atoms in total. The van der Waals surface area contributed by atoms with Crippen molar-refractivity contribution in [3.63, 3.8) is 0 Å². The highest BCUT2D eigenvalue weighted by molar-refractivity contribution is 7.16. The average Bonchev–Trinajstić information content (AvgIpc) is 3.11. The highest BCUT2D eigenvalue weighted by atomic mass is 35.5. The van der Waals surface area contributed by atoms with Crippen LogP contribution in [-0.4, -0.2) is 10.9 Å². The van der Waals surface area contributed by atoms with Gasteiger partial charge in [-0.25, -0.2) is 13.8 Å². The van der Waals surface area contributed by atoms with Crippen molar-refractivity contribution in [2.24, 2.45) is 0 Å². The predicted octanol–water partition coefficient (Wildman–Crippen LogP) is 4.98. The zero-order chi connectivity index (χ0) is 16.4. The van der Waals surface area contributed by atoms with Gasteiger partial charge in [0.05, 0.1) is 16.5 Å². The predicted molar refractivity (Wildman–Crippen MR) is 89.1 cm³/mol. The van der Waals surface area contributed by atoms with Crippen molar-refractivity contribution in [1.29, 1.82) is 0 Å². The van der Waals surface area contributed by atoms with Crippen LogP contribution in [-0.2, 0) is 11.2 Å². The van der Waals surface area contributed by atoms with E-state index in [0.29, 0.717) is 20.7 Å². The van der Waals surface area contributed by atoms with E-state index in [1.54, 1.807) is 17.5 Å². The van der Waals surface area contributed by atoms with E-state index in [1.807, 2.05) is 0 Å². The Labute approximate surface area is 143 Å². The maximum atomic E-state index is 13.2. The van der Waals surface area contributed by atoms with Crippen molar-refractivity contribution >= 4 is 45.3 Å². The zero-order valence-corrected chi connectivity index (χ0v) is 13.9. The van der Waals surface area contributed by atoms with E-state index in [2.05, 4.69) is 10.3 Å². The van der Waals surface area contributed by atoms with E-state index in [4.69, 9.17) is 11.6 Å². The van der Waals surface area contributed by atoms with Crippen molar-refractivity contribution in [2.45, 2.75) is 6.42 Å². The van der Waals surface area contributed by atoms with E-state index >= 15 is 0 Å². The second-order valence-electron chi connectivity index (χ2n) is 4.60. The van der Waals surface area contributed by atoms with Gasteiger partial charge >= 0.3 is 0 Å². The SMILES string of the molecule is O=C(Cc1ccc(Cl)s1)Nc1nc(-c2ccc(F)c(F)c2)cs1. The topological polar surface area (TPSA) is 42.0 Å². The van der Waals surface area contributed by atoms with Crippen LogP contribution in [0.4, 0.5) is 13.9 Å². The lowest BCUT2D eigenvalue weighted by molar-refractivity contribution is -0.115. The fourth-order valence-corrected chi connectivity index (χ4v) is 3.71. The monoisotopic (exact) mass is 370 g/mol. The fourth-order valence-electron chi connectivity index (χ4n) is 1.89. The Morgan fingerprint density at radius 1 is 1.22 bits per heavy atom. The van der Waals surface area contributed by atoms with Gasteiger partial charge in [-0.05, 0) is 30.3 Å². The largest absolute Gasteiger partial charge is 0.302 e. The first-order valence-electron chi connectivity index (χ1n) is 6.46. The summed E-state index contributed by atoms with van der Waals surface area (Å²) in [6.45, 7) is 0. The number of rotatable bonds is 4. The van der Waals surface area contributed by atoms with Crippen LogP contribution in [0.1, 0.15) is 4.88 Å². The van der Waals surface area contributed by atoms with Crippen molar-refractivity contribution in [2.75, 3.05) is 5.32 Å². The molecule has 0 fully saturated rings. The lowest BCUT2D eigenvalue weighted by Gasteiger charge is -2.00. The third-order valence-corrected chi connectivity index (χ3v) is 4.92. The average molecular weight is 371 g/mol. The third kappa shape index (κ3) is 3.93. The lowest BCUT2D eigenvalue weighted by Crippen LogP contribution is -2.13. The van der Waals surface area contributed by atoms with Gasteiger partial charge < -0.3 is 5.32 Å². The number of anilines is 1. The molecule has 2 heterocycles. The maximum Gasteiger partial charge on any atom is 0.231 e. The van der Waals surface area contributed by atoms with Gasteiger partial charge in [-0.1, -0.05) is 11.6 Å². The summed E-state index contributed by atoms with van der Waals surface area (Å²) in [4.78, 5) is 17.0. The first kappa shape index (κ1) is 16.0. The molecule has 0 aliphatic rings. The smallest absolute Gasteiger partial charge is 0.231 e. The minimum absolute atomic E-state index is 0.206. The highest BCUT2D eigenvalue weighted by Gasteiger charge is 2.11. The molecule has 0 saturated heterocycles. The molecule has 1 aromatic carbocycles. The Morgan fingerprint density at radius 3 is 2.74 bits per heavy atom. The van der Waals surface area contributed by atoms with Crippen molar-refractivity contribution < 1.29 is 13.6 Å². The van der Waals surface area contributed by atoms with Gasteiger partial charge in [-0.3, -0.25) is 4.79 Å². The first-order valence-corrected chi connectivity index (χ1v) is 8.53. The van der Waals surface area contributed by atoms with Crippen LogP contribution < -0.4 is 5.32 Å². The summed E-state index contributed by atoms with van der Waals surface area (Å²) in [7, 11) is 0. The van der Waals surface area contributed by atoms with E-state index in [-0.39, 0.29) is 12.3 Å². The molecule has 0 saturated carbocycles. The van der Waals surface area contributed by atoms with E-state index in [1.165, 1.54) is 28.7 Å². The highest BCUT2D eigenvalue weighted by Crippen LogP contribution is 2.27. The number of aromatic nitrogens is 1. The van der Waals surface area contributed by atoms with Gasteiger partial charge in [0, 0.05) is 15.8 Å². The van der Waals surface area contributed by atoms with Crippen LogP contribution in [0.3, 0.4) is 0 Å². The molecule has 1 N–H and O–H groups in total. The summed E-state index contributed by atoms with van der Waals surface area (Å²) in [5.74, 6) is -2.06.